The van der Waals surface area contributed by atoms with E-state index in [0.717, 1.165) is 6.21 Å². The Kier molecular flexibility index (Phi) is 2.72. The number of aromatic amines is 4. The van der Waals surface area contributed by atoms with Gasteiger partial charge >= 0.3 is 11.4 Å². The van der Waals surface area contributed by atoms with Crippen molar-refractivity contribution in [2.45, 2.75) is 0 Å². The average molecular weight is 289 g/mol. The predicted molar refractivity (Wildman–Crippen MR) is 71.1 cm³/mol. The summed E-state index contributed by atoms with van der Waals surface area (Å²) in [4.78, 5) is 54.1. The van der Waals surface area contributed by atoms with Crippen LogP contribution >= 0.6 is 0 Å². The normalized spacial score (nSPS) is 11.4. The van der Waals surface area contributed by atoms with E-state index >= 15 is 0 Å². The SMILES string of the molecule is O=c1nc2nc[nH]c2c(/N=C/c2c(O)[nH]c(=O)[nH]c2=O)[nH]1. The van der Waals surface area contributed by atoms with Crippen LogP contribution in [0.1, 0.15) is 5.56 Å². The summed E-state index contributed by atoms with van der Waals surface area (Å²) in [6.45, 7) is 0. The summed E-state index contributed by atoms with van der Waals surface area (Å²) in [5.41, 5.74) is -2.09. The van der Waals surface area contributed by atoms with E-state index in [0.29, 0.717) is 5.52 Å². The van der Waals surface area contributed by atoms with Crippen molar-refractivity contribution in [3.8, 4) is 5.88 Å². The van der Waals surface area contributed by atoms with Crippen molar-refractivity contribution >= 4 is 23.2 Å². The molecule has 0 radical (unpaired) electrons. The number of aliphatic imine (C=N–C) groups is 1. The van der Waals surface area contributed by atoms with Gasteiger partial charge in [-0.2, -0.15) is 4.98 Å². The molecule has 106 valence electrons. The van der Waals surface area contributed by atoms with E-state index in [1.165, 1.54) is 6.33 Å². The predicted octanol–water partition coefficient (Wildman–Crippen LogP) is -1.52. The van der Waals surface area contributed by atoms with Gasteiger partial charge in [0.25, 0.3) is 5.56 Å². The number of rotatable bonds is 2. The van der Waals surface area contributed by atoms with Crippen LogP contribution in [0.25, 0.3) is 11.2 Å². The lowest BCUT2D eigenvalue weighted by atomic mass is 10.3. The Bertz CT molecular complexity index is 1020. The van der Waals surface area contributed by atoms with Crippen LogP contribution in [0.15, 0.2) is 25.7 Å². The minimum Gasteiger partial charge on any atom is -0.494 e. The minimum absolute atomic E-state index is 0.0764. The number of aromatic hydroxyl groups is 1. The van der Waals surface area contributed by atoms with Crippen molar-refractivity contribution < 1.29 is 5.11 Å². The van der Waals surface area contributed by atoms with Crippen LogP contribution in [-0.2, 0) is 0 Å². The highest BCUT2D eigenvalue weighted by molar-refractivity contribution is 5.88. The Balaban J connectivity index is 2.15. The molecule has 3 heterocycles. The van der Waals surface area contributed by atoms with Gasteiger partial charge in [-0.15, -0.1) is 0 Å². The second-order valence-corrected chi connectivity index (χ2v) is 3.92. The van der Waals surface area contributed by atoms with Gasteiger partial charge in [0.15, 0.2) is 11.5 Å². The molecule has 0 atom stereocenters. The standard InChI is InChI=1S/C10H7N7O4/c18-7-3(8(19)17-10(21)16-7)1-11-5-4-6(13-2-12-4)15-9(20)14-5/h1-2H,(H2,12,13,14,15,20)(H3,16,17,18,19,21)/b11-1+. The Morgan fingerprint density at radius 1 is 1.19 bits per heavy atom. The lowest BCUT2D eigenvalue weighted by Crippen LogP contribution is -2.24. The maximum absolute atomic E-state index is 11.5. The summed E-state index contributed by atoms with van der Waals surface area (Å²) in [6, 6.07) is 0. The average Bonchev–Trinajstić information content (AvgIpc) is 2.85. The third-order valence-corrected chi connectivity index (χ3v) is 2.57. The maximum atomic E-state index is 11.5. The van der Waals surface area contributed by atoms with Gasteiger partial charge in [0.05, 0.1) is 6.33 Å². The molecule has 0 amide bonds. The summed E-state index contributed by atoms with van der Waals surface area (Å²) < 4.78 is 0. The molecule has 0 aromatic carbocycles. The molecule has 0 saturated heterocycles. The van der Waals surface area contributed by atoms with E-state index in [4.69, 9.17) is 0 Å². The zero-order chi connectivity index (χ0) is 15.0. The fraction of sp³-hybridized carbons (Fsp3) is 0. The number of fused-ring (bicyclic) bond motifs is 1. The van der Waals surface area contributed by atoms with Crippen LogP contribution in [-0.4, -0.2) is 41.2 Å². The Labute approximate surface area is 113 Å². The summed E-state index contributed by atoms with van der Waals surface area (Å²) in [7, 11) is 0. The Hall–Kier alpha value is -3.50. The first-order valence-corrected chi connectivity index (χ1v) is 5.57. The molecule has 3 rings (SSSR count). The molecule has 0 fully saturated rings. The van der Waals surface area contributed by atoms with Crippen LogP contribution in [0.3, 0.4) is 0 Å². The quantitative estimate of drug-likeness (QED) is 0.358. The molecule has 0 saturated carbocycles. The zero-order valence-electron chi connectivity index (χ0n) is 10.2. The van der Waals surface area contributed by atoms with Gasteiger partial charge in [0.2, 0.25) is 5.88 Å². The van der Waals surface area contributed by atoms with Crippen molar-refractivity contribution in [2.24, 2.45) is 4.99 Å². The van der Waals surface area contributed by atoms with Crippen molar-refractivity contribution in [1.82, 2.24) is 29.9 Å². The molecule has 11 heteroatoms. The van der Waals surface area contributed by atoms with Gasteiger partial charge < -0.3 is 10.1 Å². The van der Waals surface area contributed by atoms with Gasteiger partial charge in [-0.1, -0.05) is 0 Å². The molecule has 5 N–H and O–H groups in total. The summed E-state index contributed by atoms with van der Waals surface area (Å²) >= 11 is 0. The first-order valence-electron chi connectivity index (χ1n) is 5.57. The van der Waals surface area contributed by atoms with Gasteiger partial charge in [-0.3, -0.25) is 19.7 Å². The molecule has 0 aliphatic carbocycles. The number of nitrogens with one attached hydrogen (secondary N) is 4. The van der Waals surface area contributed by atoms with E-state index in [1.807, 2.05) is 9.97 Å². The largest absolute Gasteiger partial charge is 0.494 e. The third kappa shape index (κ3) is 2.22. The third-order valence-electron chi connectivity index (χ3n) is 2.57. The number of nitrogens with zero attached hydrogens (tertiary/aromatic N) is 3. The van der Waals surface area contributed by atoms with Crippen LogP contribution in [0.2, 0.25) is 0 Å². The number of aromatic nitrogens is 6. The Morgan fingerprint density at radius 2 is 2.00 bits per heavy atom. The molecular weight excluding hydrogens is 282 g/mol. The van der Waals surface area contributed by atoms with Crippen molar-refractivity contribution in [1.29, 1.82) is 0 Å². The van der Waals surface area contributed by atoms with Crippen molar-refractivity contribution in [2.75, 3.05) is 0 Å². The van der Waals surface area contributed by atoms with E-state index < -0.39 is 22.8 Å². The number of H-pyrrole nitrogens is 4. The number of hydrogen-bond acceptors (Lipinski definition) is 7. The molecule has 0 unspecified atom stereocenters. The maximum Gasteiger partial charge on any atom is 0.348 e. The van der Waals surface area contributed by atoms with Crippen molar-refractivity contribution in [3.63, 3.8) is 0 Å². The minimum atomic E-state index is -0.845. The van der Waals surface area contributed by atoms with Crippen LogP contribution in [0.5, 0.6) is 5.88 Å². The highest BCUT2D eigenvalue weighted by atomic mass is 16.3. The fourth-order valence-electron chi connectivity index (χ4n) is 1.66. The lowest BCUT2D eigenvalue weighted by molar-refractivity contribution is 0.447. The summed E-state index contributed by atoms with van der Waals surface area (Å²) in [5, 5.41) is 9.51. The highest BCUT2D eigenvalue weighted by Gasteiger charge is 2.08. The first-order chi connectivity index (χ1) is 10.0. The van der Waals surface area contributed by atoms with Gasteiger partial charge in [-0.25, -0.2) is 19.6 Å². The smallest absolute Gasteiger partial charge is 0.348 e. The van der Waals surface area contributed by atoms with Crippen LogP contribution < -0.4 is 16.9 Å². The van der Waals surface area contributed by atoms with Gasteiger partial charge in [0, 0.05) is 6.21 Å². The second-order valence-electron chi connectivity index (χ2n) is 3.92. The molecule has 0 bridgehead atoms. The number of hydrogen-bond donors (Lipinski definition) is 5. The van der Waals surface area contributed by atoms with E-state index in [-0.39, 0.29) is 17.0 Å². The molecule has 3 aromatic rings. The van der Waals surface area contributed by atoms with Crippen LogP contribution in [0.4, 0.5) is 5.82 Å². The molecule has 11 nitrogen and oxygen atoms in total. The molecule has 3 aromatic heterocycles. The molecule has 0 spiro atoms. The van der Waals surface area contributed by atoms with Gasteiger partial charge in [0.1, 0.15) is 11.1 Å². The summed E-state index contributed by atoms with van der Waals surface area (Å²) in [6.07, 6.45) is 2.32. The Morgan fingerprint density at radius 3 is 2.76 bits per heavy atom. The summed E-state index contributed by atoms with van der Waals surface area (Å²) in [5.74, 6) is -0.558. The zero-order valence-corrected chi connectivity index (χ0v) is 10.2. The second kappa shape index (κ2) is 4.56. The molecule has 0 aliphatic heterocycles. The molecule has 0 aliphatic rings. The van der Waals surface area contributed by atoms with Crippen LogP contribution in [0, 0.1) is 0 Å². The van der Waals surface area contributed by atoms with E-state index in [1.54, 1.807) is 0 Å². The van der Waals surface area contributed by atoms with Gasteiger partial charge in [-0.05, 0) is 0 Å². The lowest BCUT2D eigenvalue weighted by Gasteiger charge is -1.97. The fourth-order valence-corrected chi connectivity index (χ4v) is 1.66. The molecular formula is C10H7N7O4. The van der Waals surface area contributed by atoms with E-state index in [9.17, 15) is 19.5 Å². The first kappa shape index (κ1) is 12.5. The highest BCUT2D eigenvalue weighted by Crippen LogP contribution is 2.16. The topological polar surface area (TPSA) is 173 Å². The number of imidazole rings is 1. The van der Waals surface area contributed by atoms with E-state index in [2.05, 4.69) is 24.9 Å². The molecule has 21 heavy (non-hydrogen) atoms. The van der Waals surface area contributed by atoms with Crippen molar-refractivity contribution in [3.05, 3.63) is 43.2 Å². The monoisotopic (exact) mass is 289 g/mol.